The lowest BCUT2D eigenvalue weighted by Crippen LogP contribution is -2.09. The van der Waals surface area contributed by atoms with Crippen molar-refractivity contribution in [3.05, 3.63) is 48.0 Å². The Morgan fingerprint density at radius 3 is 2.64 bits per heavy atom. The number of unbranched alkanes of at least 4 members (excludes halogenated alkanes) is 1. The van der Waals surface area contributed by atoms with Gasteiger partial charge in [0.1, 0.15) is 0 Å². The number of anilines is 1. The van der Waals surface area contributed by atoms with Gasteiger partial charge in [-0.3, -0.25) is 0 Å². The number of aromatic nitrogens is 2. The summed E-state index contributed by atoms with van der Waals surface area (Å²) in [6.45, 7) is 3.78. The van der Waals surface area contributed by atoms with E-state index >= 15 is 0 Å². The number of para-hydroxylation sites is 3. The van der Waals surface area contributed by atoms with E-state index in [1.807, 2.05) is 24.3 Å². The molecule has 0 radical (unpaired) electrons. The summed E-state index contributed by atoms with van der Waals surface area (Å²) < 4.78 is 13.2. The first kappa shape index (κ1) is 17.1. The van der Waals surface area contributed by atoms with E-state index in [0.29, 0.717) is 6.54 Å². The maximum atomic E-state index is 5.52. The van der Waals surface area contributed by atoms with Gasteiger partial charge in [-0.2, -0.15) is 0 Å². The summed E-state index contributed by atoms with van der Waals surface area (Å²) in [7, 11) is 3.32. The highest BCUT2D eigenvalue weighted by atomic mass is 16.5. The number of aryl methyl sites for hydroxylation is 1. The minimum Gasteiger partial charge on any atom is -0.493 e. The molecule has 0 saturated carbocycles. The number of rotatable bonds is 8. The number of nitrogens with one attached hydrogen (secondary N) is 1. The SMILES string of the molecule is CCCCn1c(NCc2cccc(OC)c2OC)nc2ccccc21. The number of fused-ring (bicyclic) bond motifs is 1. The molecule has 2 aromatic carbocycles. The van der Waals surface area contributed by atoms with Crippen molar-refractivity contribution in [2.75, 3.05) is 19.5 Å². The molecule has 132 valence electrons. The van der Waals surface area contributed by atoms with Crippen LogP contribution in [-0.2, 0) is 13.1 Å². The molecule has 0 unspecified atom stereocenters. The monoisotopic (exact) mass is 339 g/mol. The lowest BCUT2D eigenvalue weighted by molar-refractivity contribution is 0.352. The predicted octanol–water partition coefficient (Wildman–Crippen LogP) is 4.47. The maximum Gasteiger partial charge on any atom is 0.204 e. The van der Waals surface area contributed by atoms with Gasteiger partial charge in [-0.25, -0.2) is 4.98 Å². The van der Waals surface area contributed by atoms with E-state index in [9.17, 15) is 0 Å². The highest BCUT2D eigenvalue weighted by Gasteiger charge is 2.13. The second kappa shape index (κ2) is 7.92. The van der Waals surface area contributed by atoms with E-state index < -0.39 is 0 Å². The smallest absolute Gasteiger partial charge is 0.204 e. The van der Waals surface area contributed by atoms with E-state index in [4.69, 9.17) is 14.5 Å². The van der Waals surface area contributed by atoms with E-state index in [0.717, 1.165) is 53.4 Å². The molecule has 3 rings (SSSR count). The molecular formula is C20H25N3O2. The van der Waals surface area contributed by atoms with Gasteiger partial charge < -0.3 is 19.4 Å². The van der Waals surface area contributed by atoms with Gasteiger partial charge in [-0.15, -0.1) is 0 Å². The zero-order valence-electron chi connectivity index (χ0n) is 15.1. The number of methoxy groups -OCH3 is 2. The first-order valence-corrected chi connectivity index (χ1v) is 8.67. The van der Waals surface area contributed by atoms with Crippen LogP contribution >= 0.6 is 0 Å². The Bertz CT molecular complexity index is 842. The molecular weight excluding hydrogens is 314 g/mol. The summed E-state index contributed by atoms with van der Waals surface area (Å²) in [5, 5.41) is 3.47. The van der Waals surface area contributed by atoms with Crippen molar-refractivity contribution in [1.82, 2.24) is 9.55 Å². The lowest BCUT2D eigenvalue weighted by atomic mass is 10.2. The van der Waals surface area contributed by atoms with Crippen LogP contribution in [0.5, 0.6) is 11.5 Å². The Balaban J connectivity index is 1.88. The molecule has 0 amide bonds. The average molecular weight is 339 g/mol. The average Bonchev–Trinajstić information content (AvgIpc) is 3.01. The number of hydrogen-bond acceptors (Lipinski definition) is 4. The van der Waals surface area contributed by atoms with Crippen LogP contribution < -0.4 is 14.8 Å². The molecule has 0 bridgehead atoms. The van der Waals surface area contributed by atoms with Crippen LogP contribution in [-0.4, -0.2) is 23.8 Å². The fourth-order valence-electron chi connectivity index (χ4n) is 3.02. The van der Waals surface area contributed by atoms with Crippen molar-refractivity contribution in [3.63, 3.8) is 0 Å². The van der Waals surface area contributed by atoms with Gasteiger partial charge in [0.25, 0.3) is 0 Å². The van der Waals surface area contributed by atoms with Crippen LogP contribution in [0.25, 0.3) is 11.0 Å². The predicted molar refractivity (Wildman–Crippen MR) is 102 cm³/mol. The van der Waals surface area contributed by atoms with E-state index in [1.54, 1.807) is 14.2 Å². The third kappa shape index (κ3) is 3.55. The number of benzene rings is 2. The number of nitrogens with zero attached hydrogens (tertiary/aromatic N) is 2. The molecule has 1 N–H and O–H groups in total. The van der Waals surface area contributed by atoms with E-state index in [-0.39, 0.29) is 0 Å². The molecule has 0 aliphatic rings. The Kier molecular flexibility index (Phi) is 5.43. The van der Waals surface area contributed by atoms with Gasteiger partial charge in [0.15, 0.2) is 11.5 Å². The molecule has 0 aliphatic heterocycles. The zero-order chi connectivity index (χ0) is 17.6. The largest absolute Gasteiger partial charge is 0.493 e. The van der Waals surface area contributed by atoms with Gasteiger partial charge >= 0.3 is 0 Å². The standard InChI is InChI=1S/C20H25N3O2/c1-4-5-13-23-17-11-7-6-10-16(17)22-20(23)21-14-15-9-8-12-18(24-2)19(15)25-3/h6-12H,4-5,13-14H2,1-3H3,(H,21,22). The minimum atomic E-state index is 0.621. The van der Waals surface area contributed by atoms with Crippen molar-refractivity contribution in [3.8, 4) is 11.5 Å². The van der Waals surface area contributed by atoms with Crippen molar-refractivity contribution >= 4 is 17.0 Å². The van der Waals surface area contributed by atoms with E-state index in [1.165, 1.54) is 0 Å². The maximum absolute atomic E-state index is 5.52. The minimum absolute atomic E-state index is 0.621. The quantitative estimate of drug-likeness (QED) is 0.658. The molecule has 1 heterocycles. The van der Waals surface area contributed by atoms with Crippen LogP contribution in [0.15, 0.2) is 42.5 Å². The van der Waals surface area contributed by atoms with Crippen molar-refractivity contribution in [2.24, 2.45) is 0 Å². The normalized spacial score (nSPS) is 10.8. The topological polar surface area (TPSA) is 48.3 Å². The van der Waals surface area contributed by atoms with Gasteiger partial charge in [-0.1, -0.05) is 37.6 Å². The molecule has 1 aromatic heterocycles. The molecule has 25 heavy (non-hydrogen) atoms. The Labute approximate surface area is 148 Å². The molecule has 5 nitrogen and oxygen atoms in total. The third-order valence-corrected chi connectivity index (χ3v) is 4.31. The molecule has 3 aromatic rings. The van der Waals surface area contributed by atoms with Crippen LogP contribution in [0.4, 0.5) is 5.95 Å². The van der Waals surface area contributed by atoms with E-state index in [2.05, 4.69) is 35.0 Å². The summed E-state index contributed by atoms with van der Waals surface area (Å²) in [5.41, 5.74) is 3.21. The number of ether oxygens (including phenoxy) is 2. The summed E-state index contributed by atoms with van der Waals surface area (Å²) in [5.74, 6) is 2.38. The van der Waals surface area contributed by atoms with Crippen molar-refractivity contribution < 1.29 is 9.47 Å². The van der Waals surface area contributed by atoms with Gasteiger partial charge in [0.05, 0.1) is 25.3 Å². The fourth-order valence-corrected chi connectivity index (χ4v) is 3.02. The van der Waals surface area contributed by atoms with Crippen molar-refractivity contribution in [2.45, 2.75) is 32.9 Å². The van der Waals surface area contributed by atoms with Gasteiger partial charge in [0, 0.05) is 18.7 Å². The number of hydrogen-bond donors (Lipinski definition) is 1. The third-order valence-electron chi connectivity index (χ3n) is 4.31. The summed E-state index contributed by atoms with van der Waals surface area (Å²) in [6, 6.07) is 14.2. The molecule has 0 fully saturated rings. The zero-order valence-corrected chi connectivity index (χ0v) is 15.1. The van der Waals surface area contributed by atoms with Crippen LogP contribution in [0.1, 0.15) is 25.3 Å². The second-order valence-electron chi connectivity index (χ2n) is 5.94. The lowest BCUT2D eigenvalue weighted by Gasteiger charge is -2.14. The highest BCUT2D eigenvalue weighted by molar-refractivity contribution is 5.78. The number of imidazole rings is 1. The molecule has 5 heteroatoms. The van der Waals surface area contributed by atoms with Gasteiger partial charge in [0.2, 0.25) is 5.95 Å². The highest BCUT2D eigenvalue weighted by Crippen LogP contribution is 2.31. The molecule has 0 spiro atoms. The molecule has 0 aliphatic carbocycles. The summed E-state index contributed by atoms with van der Waals surface area (Å²) in [6.07, 6.45) is 2.27. The fraction of sp³-hybridized carbons (Fsp3) is 0.350. The van der Waals surface area contributed by atoms with Crippen molar-refractivity contribution in [1.29, 1.82) is 0 Å². The molecule has 0 atom stereocenters. The van der Waals surface area contributed by atoms with Crippen LogP contribution in [0.3, 0.4) is 0 Å². The second-order valence-corrected chi connectivity index (χ2v) is 5.94. The Morgan fingerprint density at radius 2 is 1.88 bits per heavy atom. The van der Waals surface area contributed by atoms with Gasteiger partial charge in [-0.05, 0) is 24.6 Å². The first-order valence-electron chi connectivity index (χ1n) is 8.67. The summed E-state index contributed by atoms with van der Waals surface area (Å²) in [4.78, 5) is 4.76. The molecule has 0 saturated heterocycles. The summed E-state index contributed by atoms with van der Waals surface area (Å²) >= 11 is 0. The Hall–Kier alpha value is -2.69. The van der Waals surface area contributed by atoms with Crippen LogP contribution in [0.2, 0.25) is 0 Å². The Morgan fingerprint density at radius 1 is 1.04 bits per heavy atom. The first-order chi connectivity index (χ1) is 12.3. The van der Waals surface area contributed by atoms with Crippen LogP contribution in [0, 0.1) is 0 Å².